The number of nitrogens with zero attached hydrogens (tertiary/aromatic N) is 2. The Hall–Kier alpha value is -1.95. The average molecular weight is 458 g/mol. The maximum Gasteiger partial charge on any atom is 0.242 e. The van der Waals surface area contributed by atoms with E-state index < -0.39 is 6.04 Å². The minimum Gasteiger partial charge on any atom is -0.348 e. The highest BCUT2D eigenvalue weighted by Gasteiger charge is 2.43. The standard InChI is InChI=1S/C27H40FN3O2/c1-19(31-14-5-6-24(31)32)25(33)29-23-9-10-27(22-18-20(28)7-8-21(22)23)12-16-30(17-13-27)15-11-26(2,3)4/h7-8,18-19,23H,5-6,9-17H2,1-4H3,(H,29,33)/t19-,23-/m0/s1. The van der Waals surface area contributed by atoms with Crippen LogP contribution < -0.4 is 5.32 Å². The van der Waals surface area contributed by atoms with Gasteiger partial charge in [0.1, 0.15) is 11.9 Å². The van der Waals surface area contributed by atoms with Crippen molar-refractivity contribution >= 4 is 11.8 Å². The van der Waals surface area contributed by atoms with Gasteiger partial charge in [0.25, 0.3) is 0 Å². The normalized spacial score (nSPS) is 24.1. The Morgan fingerprint density at radius 2 is 1.94 bits per heavy atom. The van der Waals surface area contributed by atoms with Gasteiger partial charge in [-0.25, -0.2) is 4.39 Å². The quantitative estimate of drug-likeness (QED) is 0.705. The first-order valence-electron chi connectivity index (χ1n) is 12.7. The van der Waals surface area contributed by atoms with Crippen LogP contribution in [-0.4, -0.2) is 53.8 Å². The second-order valence-electron chi connectivity index (χ2n) is 11.6. The zero-order valence-corrected chi connectivity index (χ0v) is 20.8. The second kappa shape index (κ2) is 9.36. The second-order valence-corrected chi connectivity index (χ2v) is 11.6. The van der Waals surface area contributed by atoms with E-state index in [9.17, 15) is 14.0 Å². The lowest BCUT2D eigenvalue weighted by atomic mass is 9.63. The lowest BCUT2D eigenvalue weighted by molar-refractivity contribution is -0.137. The molecule has 0 saturated carbocycles. The van der Waals surface area contributed by atoms with Crippen LogP contribution in [0.25, 0.3) is 0 Å². The number of piperidine rings is 1. The molecule has 33 heavy (non-hydrogen) atoms. The van der Waals surface area contributed by atoms with Crippen LogP contribution in [0.2, 0.25) is 0 Å². The van der Waals surface area contributed by atoms with Gasteiger partial charge in [0.05, 0.1) is 6.04 Å². The molecular weight excluding hydrogens is 417 g/mol. The Bertz CT molecular complexity index is 886. The molecule has 1 spiro atoms. The Labute approximate surface area is 198 Å². The lowest BCUT2D eigenvalue weighted by Gasteiger charge is -2.47. The molecule has 5 nitrogen and oxygen atoms in total. The first-order valence-corrected chi connectivity index (χ1v) is 12.7. The van der Waals surface area contributed by atoms with Crippen molar-refractivity contribution in [2.75, 3.05) is 26.2 Å². The number of likely N-dealkylation sites (tertiary alicyclic amines) is 2. The molecule has 0 bridgehead atoms. The summed E-state index contributed by atoms with van der Waals surface area (Å²) in [6, 6.07) is 4.51. The third kappa shape index (κ3) is 5.26. The van der Waals surface area contributed by atoms with E-state index in [4.69, 9.17) is 0 Å². The highest BCUT2D eigenvalue weighted by atomic mass is 19.1. The van der Waals surface area contributed by atoms with E-state index >= 15 is 0 Å². The third-order valence-electron chi connectivity index (χ3n) is 8.14. The van der Waals surface area contributed by atoms with E-state index in [-0.39, 0.29) is 29.1 Å². The van der Waals surface area contributed by atoms with Crippen molar-refractivity contribution in [3.05, 3.63) is 35.1 Å². The van der Waals surface area contributed by atoms with E-state index in [2.05, 4.69) is 31.0 Å². The molecule has 2 heterocycles. The van der Waals surface area contributed by atoms with Crippen LogP contribution in [0.3, 0.4) is 0 Å². The molecule has 1 aromatic carbocycles. The van der Waals surface area contributed by atoms with Gasteiger partial charge in [0.15, 0.2) is 0 Å². The molecule has 6 heteroatoms. The molecule has 2 aliphatic heterocycles. The van der Waals surface area contributed by atoms with E-state index in [1.165, 1.54) is 12.5 Å². The fourth-order valence-corrected chi connectivity index (χ4v) is 5.88. The van der Waals surface area contributed by atoms with Crippen molar-refractivity contribution in [1.29, 1.82) is 0 Å². The van der Waals surface area contributed by atoms with Gasteiger partial charge < -0.3 is 15.1 Å². The van der Waals surface area contributed by atoms with Crippen LogP contribution in [0.4, 0.5) is 4.39 Å². The maximum absolute atomic E-state index is 14.4. The average Bonchev–Trinajstić information content (AvgIpc) is 3.20. The van der Waals surface area contributed by atoms with Crippen LogP contribution in [0.5, 0.6) is 0 Å². The van der Waals surface area contributed by atoms with Crippen LogP contribution in [0.15, 0.2) is 18.2 Å². The lowest BCUT2D eigenvalue weighted by Crippen LogP contribution is -2.49. The highest BCUT2D eigenvalue weighted by molar-refractivity contribution is 5.88. The Balaban J connectivity index is 1.47. The summed E-state index contributed by atoms with van der Waals surface area (Å²) in [4.78, 5) is 29.3. The minimum absolute atomic E-state index is 0.00652. The van der Waals surface area contributed by atoms with E-state index in [1.54, 1.807) is 11.0 Å². The maximum atomic E-state index is 14.4. The van der Waals surface area contributed by atoms with Crippen LogP contribution in [0, 0.1) is 11.2 Å². The van der Waals surface area contributed by atoms with Crippen molar-refractivity contribution in [3.8, 4) is 0 Å². The fourth-order valence-electron chi connectivity index (χ4n) is 5.88. The summed E-state index contributed by atoms with van der Waals surface area (Å²) in [7, 11) is 0. The monoisotopic (exact) mass is 457 g/mol. The highest BCUT2D eigenvalue weighted by Crippen LogP contribution is 2.48. The number of carbonyl (C=O) groups is 2. The summed E-state index contributed by atoms with van der Waals surface area (Å²) >= 11 is 0. The number of halogens is 1. The number of nitrogens with one attached hydrogen (secondary N) is 1. The molecule has 1 aliphatic carbocycles. The van der Waals surface area contributed by atoms with Gasteiger partial charge in [-0.05, 0) is 99.2 Å². The first kappa shape index (κ1) is 24.2. The molecule has 2 atom stereocenters. The molecule has 2 saturated heterocycles. The molecular formula is C27H40FN3O2. The predicted octanol–water partition coefficient (Wildman–Crippen LogP) is 4.56. The van der Waals surface area contributed by atoms with Crippen molar-refractivity contribution < 1.29 is 14.0 Å². The smallest absolute Gasteiger partial charge is 0.242 e. The van der Waals surface area contributed by atoms with Gasteiger partial charge in [-0.1, -0.05) is 26.8 Å². The van der Waals surface area contributed by atoms with Gasteiger partial charge in [-0.3, -0.25) is 9.59 Å². The first-order chi connectivity index (χ1) is 15.6. The number of hydrogen-bond acceptors (Lipinski definition) is 3. The van der Waals surface area contributed by atoms with Crippen molar-refractivity contribution in [1.82, 2.24) is 15.1 Å². The molecule has 182 valence electrons. The topological polar surface area (TPSA) is 52.7 Å². The zero-order valence-electron chi connectivity index (χ0n) is 20.8. The molecule has 2 amide bonds. The number of carbonyl (C=O) groups excluding carboxylic acids is 2. The minimum atomic E-state index is -0.467. The molecule has 4 rings (SSSR count). The van der Waals surface area contributed by atoms with Crippen molar-refractivity contribution in [2.24, 2.45) is 5.41 Å². The number of rotatable bonds is 5. The number of benzene rings is 1. The number of amides is 2. The Kier molecular flexibility index (Phi) is 6.86. The van der Waals surface area contributed by atoms with Gasteiger partial charge in [-0.15, -0.1) is 0 Å². The van der Waals surface area contributed by atoms with Crippen molar-refractivity contribution in [3.63, 3.8) is 0 Å². The van der Waals surface area contributed by atoms with Gasteiger partial charge in [0, 0.05) is 13.0 Å². The zero-order chi connectivity index (χ0) is 23.8. The summed E-state index contributed by atoms with van der Waals surface area (Å²) < 4.78 is 14.4. The number of fused-ring (bicyclic) bond motifs is 2. The largest absolute Gasteiger partial charge is 0.348 e. The van der Waals surface area contributed by atoms with Gasteiger partial charge >= 0.3 is 0 Å². The summed E-state index contributed by atoms with van der Waals surface area (Å²) in [6.07, 6.45) is 6.40. The Morgan fingerprint density at radius 3 is 2.58 bits per heavy atom. The summed E-state index contributed by atoms with van der Waals surface area (Å²) in [5, 5.41) is 3.19. The summed E-state index contributed by atoms with van der Waals surface area (Å²) in [6.45, 7) is 12.5. The summed E-state index contributed by atoms with van der Waals surface area (Å²) in [5.41, 5.74) is 2.46. The van der Waals surface area contributed by atoms with Crippen LogP contribution in [-0.2, 0) is 15.0 Å². The molecule has 1 N–H and O–H groups in total. The molecule has 1 aromatic rings. The molecule has 0 radical (unpaired) electrons. The molecule has 0 aromatic heterocycles. The van der Waals surface area contributed by atoms with E-state index in [0.717, 1.165) is 62.9 Å². The van der Waals surface area contributed by atoms with Gasteiger partial charge in [0.2, 0.25) is 11.8 Å². The molecule has 3 aliphatic rings. The van der Waals surface area contributed by atoms with E-state index in [1.807, 2.05) is 13.0 Å². The Morgan fingerprint density at radius 1 is 1.21 bits per heavy atom. The van der Waals surface area contributed by atoms with Crippen LogP contribution >= 0.6 is 0 Å². The van der Waals surface area contributed by atoms with E-state index in [0.29, 0.717) is 18.4 Å². The molecule has 2 fully saturated rings. The number of hydrogen-bond donors (Lipinski definition) is 1. The SMILES string of the molecule is C[C@@H](C(=O)N[C@H]1CCC2(CCN(CCC(C)(C)C)CC2)c2cc(F)ccc21)N1CCCC1=O. The molecule has 0 unspecified atom stereocenters. The van der Waals surface area contributed by atoms with Crippen molar-refractivity contribution in [2.45, 2.75) is 90.1 Å². The summed E-state index contributed by atoms with van der Waals surface area (Å²) in [5.74, 6) is -0.259. The fraction of sp³-hybridized carbons (Fsp3) is 0.704. The van der Waals surface area contributed by atoms with Crippen LogP contribution in [0.1, 0.15) is 89.8 Å². The predicted molar refractivity (Wildman–Crippen MR) is 128 cm³/mol. The van der Waals surface area contributed by atoms with Gasteiger partial charge in [-0.2, -0.15) is 0 Å². The third-order valence-corrected chi connectivity index (χ3v) is 8.14.